The Balaban J connectivity index is 1.80. The first kappa shape index (κ1) is 15.6. The molecule has 0 saturated carbocycles. The second kappa shape index (κ2) is 7.26. The second-order valence-corrected chi connectivity index (χ2v) is 6.16. The summed E-state index contributed by atoms with van der Waals surface area (Å²) in [7, 11) is 0. The number of halogens is 3. The van der Waals surface area contributed by atoms with E-state index in [4.69, 9.17) is 35.4 Å². The Morgan fingerprint density at radius 3 is 2.60 bits per heavy atom. The maximum absolute atomic E-state index is 5.92. The third-order valence-corrected chi connectivity index (χ3v) is 3.44. The average Bonchev–Trinajstić information content (AvgIpc) is 2.73. The Morgan fingerprint density at radius 2 is 2.00 bits per heavy atom. The van der Waals surface area contributed by atoms with Gasteiger partial charge in [-0.3, -0.25) is 4.68 Å². The van der Waals surface area contributed by atoms with Crippen LogP contribution >= 0.6 is 51.3 Å². The van der Waals surface area contributed by atoms with Gasteiger partial charge in [0.15, 0.2) is 5.11 Å². The van der Waals surface area contributed by atoms with Crippen LogP contribution in [-0.4, -0.2) is 21.4 Å². The van der Waals surface area contributed by atoms with Crippen molar-refractivity contribution in [2.75, 3.05) is 11.9 Å². The molecule has 0 atom stereocenters. The Morgan fingerprint density at radius 1 is 1.30 bits per heavy atom. The summed E-state index contributed by atoms with van der Waals surface area (Å²) in [6.45, 7) is 1.37. The molecule has 0 fully saturated rings. The summed E-state index contributed by atoms with van der Waals surface area (Å²) >= 11 is 20.4. The molecule has 1 heterocycles. The largest absolute Gasteiger partial charge is 0.361 e. The van der Waals surface area contributed by atoms with Crippen molar-refractivity contribution >= 4 is 62.1 Å². The van der Waals surface area contributed by atoms with Gasteiger partial charge in [0, 0.05) is 28.5 Å². The molecule has 0 aliphatic carbocycles. The third kappa shape index (κ3) is 4.94. The zero-order chi connectivity index (χ0) is 14.5. The summed E-state index contributed by atoms with van der Waals surface area (Å²) in [5.74, 6) is 0. The predicted octanol–water partition coefficient (Wildman–Crippen LogP) is 3.94. The van der Waals surface area contributed by atoms with Gasteiger partial charge in [0.05, 0.1) is 17.2 Å². The van der Waals surface area contributed by atoms with Gasteiger partial charge in [-0.05, 0) is 46.3 Å². The highest BCUT2D eigenvalue weighted by Gasteiger charge is 2.01. The van der Waals surface area contributed by atoms with Gasteiger partial charge in [-0.2, -0.15) is 5.10 Å². The van der Waals surface area contributed by atoms with Gasteiger partial charge >= 0.3 is 0 Å². The second-order valence-electron chi connectivity index (χ2n) is 3.96. The molecule has 2 aromatic rings. The standard InChI is InChI=1S/C12H11BrCl2N4S/c13-8-6-17-19(7-8)2-1-16-12(20)18-11-4-9(14)3-10(15)5-11/h3-7H,1-2H2,(H2,16,18,20). The lowest BCUT2D eigenvalue weighted by Crippen LogP contribution is -2.31. The van der Waals surface area contributed by atoms with Gasteiger partial charge in [0.1, 0.15) is 0 Å². The first-order valence-corrected chi connectivity index (χ1v) is 7.67. The van der Waals surface area contributed by atoms with E-state index in [1.54, 1.807) is 24.4 Å². The van der Waals surface area contributed by atoms with E-state index in [-0.39, 0.29) is 0 Å². The maximum atomic E-state index is 5.92. The van der Waals surface area contributed by atoms with Crippen molar-refractivity contribution in [3.05, 3.63) is 45.1 Å². The predicted molar refractivity (Wildman–Crippen MR) is 90.6 cm³/mol. The minimum absolute atomic E-state index is 0.509. The molecule has 0 aliphatic heterocycles. The van der Waals surface area contributed by atoms with Crippen molar-refractivity contribution in [3.8, 4) is 0 Å². The van der Waals surface area contributed by atoms with Gasteiger partial charge in [-0.1, -0.05) is 23.2 Å². The number of hydrogen-bond donors (Lipinski definition) is 2. The van der Waals surface area contributed by atoms with E-state index >= 15 is 0 Å². The van der Waals surface area contributed by atoms with E-state index in [0.717, 1.165) is 10.2 Å². The molecule has 2 N–H and O–H groups in total. The Kier molecular flexibility index (Phi) is 5.65. The van der Waals surface area contributed by atoms with Gasteiger partial charge in [0.2, 0.25) is 0 Å². The fourth-order valence-corrected chi connectivity index (χ4v) is 2.62. The Bertz CT molecular complexity index is 597. The number of hydrogen-bond acceptors (Lipinski definition) is 2. The van der Waals surface area contributed by atoms with Crippen molar-refractivity contribution in [2.45, 2.75) is 6.54 Å². The minimum atomic E-state index is 0.509. The molecule has 20 heavy (non-hydrogen) atoms. The molecule has 0 spiro atoms. The smallest absolute Gasteiger partial charge is 0.170 e. The zero-order valence-electron chi connectivity index (χ0n) is 10.2. The van der Waals surface area contributed by atoms with E-state index < -0.39 is 0 Å². The number of nitrogens with zero attached hydrogens (tertiary/aromatic N) is 2. The number of aromatic nitrogens is 2. The monoisotopic (exact) mass is 392 g/mol. The van der Waals surface area contributed by atoms with Crippen LogP contribution in [-0.2, 0) is 6.54 Å². The Labute approximate surface area is 140 Å². The molecule has 4 nitrogen and oxygen atoms in total. The summed E-state index contributed by atoms with van der Waals surface area (Å²) in [5, 5.41) is 11.9. The average molecular weight is 394 g/mol. The topological polar surface area (TPSA) is 41.9 Å². The van der Waals surface area contributed by atoms with E-state index in [2.05, 4.69) is 31.7 Å². The lowest BCUT2D eigenvalue weighted by molar-refractivity contribution is 0.604. The van der Waals surface area contributed by atoms with Crippen LogP contribution < -0.4 is 10.6 Å². The van der Waals surface area contributed by atoms with Crippen LogP contribution in [0.2, 0.25) is 10.0 Å². The molecule has 0 bridgehead atoms. The molecule has 0 unspecified atom stereocenters. The van der Waals surface area contributed by atoms with Crippen molar-refractivity contribution in [1.29, 1.82) is 0 Å². The lowest BCUT2D eigenvalue weighted by Gasteiger charge is -2.11. The van der Waals surface area contributed by atoms with E-state index in [1.807, 2.05) is 10.9 Å². The molecule has 106 valence electrons. The molecule has 0 amide bonds. The molecular formula is C12H11BrCl2N4S. The first-order valence-electron chi connectivity index (χ1n) is 5.72. The molecule has 2 rings (SSSR count). The number of anilines is 1. The van der Waals surface area contributed by atoms with Crippen molar-refractivity contribution in [2.24, 2.45) is 0 Å². The molecule has 1 aromatic heterocycles. The summed E-state index contributed by atoms with van der Waals surface area (Å²) in [6, 6.07) is 5.18. The van der Waals surface area contributed by atoms with Crippen LogP contribution in [0.3, 0.4) is 0 Å². The van der Waals surface area contributed by atoms with E-state index in [9.17, 15) is 0 Å². The highest BCUT2D eigenvalue weighted by molar-refractivity contribution is 9.10. The van der Waals surface area contributed by atoms with Crippen LogP contribution in [0.15, 0.2) is 35.1 Å². The van der Waals surface area contributed by atoms with Crippen LogP contribution in [0.5, 0.6) is 0 Å². The molecule has 0 saturated heterocycles. The Hall–Kier alpha value is -0.820. The molecule has 0 aliphatic rings. The van der Waals surface area contributed by atoms with Crippen LogP contribution in [0.4, 0.5) is 5.69 Å². The van der Waals surface area contributed by atoms with Crippen molar-refractivity contribution in [3.63, 3.8) is 0 Å². The molecule has 0 radical (unpaired) electrons. The fourth-order valence-electron chi connectivity index (χ4n) is 1.55. The number of nitrogens with one attached hydrogen (secondary N) is 2. The summed E-state index contributed by atoms with van der Waals surface area (Å²) in [4.78, 5) is 0. The van der Waals surface area contributed by atoms with Crippen molar-refractivity contribution in [1.82, 2.24) is 15.1 Å². The quantitative estimate of drug-likeness (QED) is 0.772. The fraction of sp³-hybridized carbons (Fsp3) is 0.167. The van der Waals surface area contributed by atoms with Crippen LogP contribution in [0.25, 0.3) is 0 Å². The lowest BCUT2D eigenvalue weighted by atomic mass is 10.3. The highest BCUT2D eigenvalue weighted by atomic mass is 79.9. The first-order chi connectivity index (χ1) is 9.52. The number of benzene rings is 1. The van der Waals surface area contributed by atoms with Crippen LogP contribution in [0, 0.1) is 0 Å². The van der Waals surface area contributed by atoms with Crippen LogP contribution in [0.1, 0.15) is 0 Å². The van der Waals surface area contributed by atoms with E-state index in [0.29, 0.717) is 28.2 Å². The molecule has 1 aromatic carbocycles. The van der Waals surface area contributed by atoms with Gasteiger partial charge < -0.3 is 10.6 Å². The summed E-state index contributed by atoms with van der Waals surface area (Å²) in [6.07, 6.45) is 3.64. The molecule has 8 heteroatoms. The SMILES string of the molecule is S=C(NCCn1cc(Br)cn1)Nc1cc(Cl)cc(Cl)c1. The van der Waals surface area contributed by atoms with Crippen molar-refractivity contribution < 1.29 is 0 Å². The normalized spacial score (nSPS) is 10.3. The number of rotatable bonds is 4. The highest BCUT2D eigenvalue weighted by Crippen LogP contribution is 2.22. The van der Waals surface area contributed by atoms with Gasteiger partial charge in [-0.25, -0.2) is 0 Å². The maximum Gasteiger partial charge on any atom is 0.170 e. The van der Waals surface area contributed by atoms with E-state index in [1.165, 1.54) is 0 Å². The summed E-state index contributed by atoms with van der Waals surface area (Å²) in [5.41, 5.74) is 0.752. The summed E-state index contributed by atoms with van der Waals surface area (Å²) < 4.78 is 2.77. The zero-order valence-corrected chi connectivity index (χ0v) is 14.2. The minimum Gasteiger partial charge on any atom is -0.361 e. The molecular weight excluding hydrogens is 383 g/mol. The third-order valence-electron chi connectivity index (χ3n) is 2.35. The van der Waals surface area contributed by atoms with Gasteiger partial charge in [-0.15, -0.1) is 0 Å². The van der Waals surface area contributed by atoms with Gasteiger partial charge in [0.25, 0.3) is 0 Å². The number of thiocarbonyl (C=S) groups is 1.